The van der Waals surface area contributed by atoms with Crippen molar-refractivity contribution < 1.29 is 9.53 Å². The van der Waals surface area contributed by atoms with Gasteiger partial charge in [0.1, 0.15) is 5.75 Å². The number of hydrogen-bond donors (Lipinski definition) is 2. The van der Waals surface area contributed by atoms with Gasteiger partial charge < -0.3 is 15.4 Å². The Kier molecular flexibility index (Phi) is 7.96. The van der Waals surface area contributed by atoms with Gasteiger partial charge in [-0.2, -0.15) is 0 Å². The van der Waals surface area contributed by atoms with Gasteiger partial charge in [-0.1, -0.05) is 18.2 Å². The first-order valence-corrected chi connectivity index (χ1v) is 7.27. The van der Waals surface area contributed by atoms with E-state index in [9.17, 15) is 4.79 Å². The number of piperazine rings is 1. The van der Waals surface area contributed by atoms with Gasteiger partial charge in [0.25, 0.3) is 0 Å². The zero-order valence-corrected chi connectivity index (χ0v) is 14.0. The molecule has 1 aromatic rings. The summed E-state index contributed by atoms with van der Waals surface area (Å²) in [5.41, 5.74) is 1.09. The van der Waals surface area contributed by atoms with Crippen LogP contribution in [0.2, 0.25) is 0 Å². The number of halogens is 2. The number of nitrogens with zero attached hydrogens (tertiary/aromatic N) is 1. The van der Waals surface area contributed by atoms with Crippen LogP contribution in [0.3, 0.4) is 0 Å². The lowest BCUT2D eigenvalue weighted by Crippen LogP contribution is -2.48. The predicted molar refractivity (Wildman–Crippen MR) is 91.2 cm³/mol. The largest absolute Gasteiger partial charge is 0.493 e. The van der Waals surface area contributed by atoms with Crippen LogP contribution in [0.15, 0.2) is 24.3 Å². The number of carbonyl (C=O) groups is 1. The van der Waals surface area contributed by atoms with E-state index in [0.29, 0.717) is 13.2 Å². The molecule has 124 valence electrons. The Balaban J connectivity index is 0.00000121. The van der Waals surface area contributed by atoms with Gasteiger partial charge in [-0.15, -0.1) is 24.8 Å². The first-order chi connectivity index (χ1) is 9.83. The van der Waals surface area contributed by atoms with Crippen LogP contribution in [-0.4, -0.2) is 50.1 Å². The fraction of sp³-hybridized carbons (Fsp3) is 0.533. The van der Waals surface area contributed by atoms with Crippen molar-refractivity contribution in [3.63, 3.8) is 0 Å². The number of nitrogens with one attached hydrogen (secondary N) is 2. The predicted octanol–water partition coefficient (Wildman–Crippen LogP) is 1.38. The van der Waals surface area contributed by atoms with Gasteiger partial charge in [0.2, 0.25) is 5.91 Å². The van der Waals surface area contributed by atoms with Crippen molar-refractivity contribution in [2.75, 3.05) is 39.3 Å². The van der Waals surface area contributed by atoms with Gasteiger partial charge >= 0.3 is 0 Å². The molecule has 2 aliphatic rings. The molecule has 0 spiro atoms. The van der Waals surface area contributed by atoms with E-state index < -0.39 is 0 Å². The summed E-state index contributed by atoms with van der Waals surface area (Å²) in [6.45, 7) is 4.97. The Labute approximate surface area is 143 Å². The molecule has 0 bridgehead atoms. The Morgan fingerprint density at radius 3 is 2.77 bits per heavy atom. The highest BCUT2D eigenvalue weighted by Gasteiger charge is 2.23. The summed E-state index contributed by atoms with van der Waals surface area (Å²) in [4.78, 5) is 14.4. The molecule has 0 radical (unpaired) electrons. The van der Waals surface area contributed by atoms with Crippen molar-refractivity contribution in [3.8, 4) is 5.75 Å². The second-order valence-electron chi connectivity index (χ2n) is 5.32. The molecule has 1 saturated heterocycles. The van der Waals surface area contributed by atoms with Gasteiger partial charge in [0.15, 0.2) is 0 Å². The van der Waals surface area contributed by atoms with Crippen LogP contribution in [0.25, 0.3) is 0 Å². The van der Waals surface area contributed by atoms with Gasteiger partial charge in [-0.25, -0.2) is 0 Å². The molecule has 3 rings (SSSR count). The number of benzene rings is 1. The average molecular weight is 348 g/mol. The minimum Gasteiger partial charge on any atom is -0.493 e. The molecule has 1 fully saturated rings. The number of hydrogen-bond acceptors (Lipinski definition) is 4. The molecule has 1 atom stereocenters. The highest BCUT2D eigenvalue weighted by Crippen LogP contribution is 2.31. The molecule has 2 N–H and O–H groups in total. The van der Waals surface area contributed by atoms with Crippen molar-refractivity contribution in [1.29, 1.82) is 0 Å². The normalized spacial score (nSPS) is 20.6. The zero-order valence-electron chi connectivity index (χ0n) is 12.4. The van der Waals surface area contributed by atoms with Crippen LogP contribution in [0, 0.1) is 0 Å². The highest BCUT2D eigenvalue weighted by atomic mass is 35.5. The molecule has 0 saturated carbocycles. The maximum Gasteiger partial charge on any atom is 0.234 e. The SMILES string of the molecule is Cl.Cl.O=C(CN1CCNCC1)NC1CCOc2ccccc21. The molecular formula is C15H23Cl2N3O2. The van der Waals surface area contributed by atoms with Crippen molar-refractivity contribution >= 4 is 30.7 Å². The molecule has 2 aliphatic heterocycles. The molecule has 2 heterocycles. The smallest absolute Gasteiger partial charge is 0.234 e. The summed E-state index contributed by atoms with van der Waals surface area (Å²) in [5.74, 6) is 1.000. The lowest BCUT2D eigenvalue weighted by Gasteiger charge is -2.29. The summed E-state index contributed by atoms with van der Waals surface area (Å²) in [6.07, 6.45) is 0.838. The molecule has 1 unspecified atom stereocenters. The number of rotatable bonds is 3. The van der Waals surface area contributed by atoms with E-state index in [1.165, 1.54) is 0 Å². The Morgan fingerprint density at radius 2 is 2.00 bits per heavy atom. The molecular weight excluding hydrogens is 325 g/mol. The number of para-hydroxylation sites is 1. The standard InChI is InChI=1S/C15H21N3O2.2ClH/c19-15(11-18-8-6-16-7-9-18)17-13-5-10-20-14-4-2-1-3-12(13)14;;/h1-4,13,16H,5-11H2,(H,17,19);2*1H. The third-order valence-electron chi connectivity index (χ3n) is 3.87. The van der Waals surface area contributed by atoms with E-state index in [0.717, 1.165) is 43.9 Å². The molecule has 7 heteroatoms. The lowest BCUT2D eigenvalue weighted by molar-refractivity contribution is -0.123. The van der Waals surface area contributed by atoms with Gasteiger partial charge in [-0.05, 0) is 6.07 Å². The number of fused-ring (bicyclic) bond motifs is 1. The van der Waals surface area contributed by atoms with Crippen LogP contribution in [-0.2, 0) is 4.79 Å². The van der Waals surface area contributed by atoms with Crippen LogP contribution in [0.4, 0.5) is 0 Å². The van der Waals surface area contributed by atoms with Crippen LogP contribution < -0.4 is 15.4 Å². The molecule has 1 amide bonds. The van der Waals surface area contributed by atoms with Crippen LogP contribution >= 0.6 is 24.8 Å². The van der Waals surface area contributed by atoms with Crippen molar-refractivity contribution in [3.05, 3.63) is 29.8 Å². The van der Waals surface area contributed by atoms with Crippen molar-refractivity contribution in [2.45, 2.75) is 12.5 Å². The molecule has 1 aromatic carbocycles. The minimum absolute atomic E-state index is 0. The van der Waals surface area contributed by atoms with Crippen molar-refractivity contribution in [1.82, 2.24) is 15.5 Å². The third-order valence-corrected chi connectivity index (χ3v) is 3.87. The fourth-order valence-electron chi connectivity index (χ4n) is 2.80. The summed E-state index contributed by atoms with van der Waals surface area (Å²) in [6, 6.07) is 8.02. The monoisotopic (exact) mass is 347 g/mol. The first-order valence-electron chi connectivity index (χ1n) is 7.27. The van der Waals surface area contributed by atoms with E-state index >= 15 is 0 Å². The van der Waals surface area contributed by atoms with E-state index in [1.54, 1.807) is 0 Å². The van der Waals surface area contributed by atoms with Gasteiger partial charge in [0, 0.05) is 38.2 Å². The maximum atomic E-state index is 12.2. The van der Waals surface area contributed by atoms with Gasteiger partial charge in [-0.3, -0.25) is 9.69 Å². The van der Waals surface area contributed by atoms with E-state index in [4.69, 9.17) is 4.74 Å². The minimum atomic E-state index is 0. The summed E-state index contributed by atoms with van der Waals surface area (Å²) in [5, 5.41) is 6.43. The van der Waals surface area contributed by atoms with Crippen LogP contribution in [0.1, 0.15) is 18.0 Å². The van der Waals surface area contributed by atoms with Crippen molar-refractivity contribution in [2.24, 2.45) is 0 Å². The zero-order chi connectivity index (χ0) is 13.8. The van der Waals surface area contributed by atoms with Gasteiger partial charge in [0.05, 0.1) is 19.2 Å². The second-order valence-corrected chi connectivity index (χ2v) is 5.32. The van der Waals surface area contributed by atoms with E-state index in [2.05, 4.69) is 15.5 Å². The summed E-state index contributed by atoms with van der Waals surface area (Å²) < 4.78 is 5.62. The number of ether oxygens (including phenoxy) is 1. The maximum absolute atomic E-state index is 12.2. The number of amides is 1. The lowest BCUT2D eigenvalue weighted by atomic mass is 10.0. The quantitative estimate of drug-likeness (QED) is 0.867. The van der Waals surface area contributed by atoms with E-state index in [-0.39, 0.29) is 36.8 Å². The topological polar surface area (TPSA) is 53.6 Å². The highest BCUT2D eigenvalue weighted by molar-refractivity contribution is 5.85. The number of carbonyl (C=O) groups excluding carboxylic acids is 1. The first kappa shape index (κ1) is 19.0. The Morgan fingerprint density at radius 1 is 1.27 bits per heavy atom. The molecule has 0 aliphatic carbocycles. The van der Waals surface area contributed by atoms with Crippen LogP contribution in [0.5, 0.6) is 5.75 Å². The molecule has 22 heavy (non-hydrogen) atoms. The van der Waals surface area contributed by atoms with E-state index in [1.807, 2.05) is 24.3 Å². The molecule has 5 nitrogen and oxygen atoms in total. The average Bonchev–Trinajstić information content (AvgIpc) is 2.48. The third kappa shape index (κ3) is 4.74. The molecule has 0 aromatic heterocycles. The fourth-order valence-corrected chi connectivity index (χ4v) is 2.80. The summed E-state index contributed by atoms with van der Waals surface area (Å²) in [7, 11) is 0. The Hall–Kier alpha value is -1.01. The second kappa shape index (κ2) is 9.20. The summed E-state index contributed by atoms with van der Waals surface area (Å²) >= 11 is 0. The Bertz CT molecular complexity index is 482.